The molecule has 0 amide bonds. The molecule has 0 unspecified atom stereocenters. The number of rotatable bonds is 9. The Morgan fingerprint density at radius 1 is 0.829 bits per heavy atom. The molecule has 182 valence electrons. The largest absolute Gasteiger partial charge is 0.573 e. The molecule has 4 rings (SSSR count). The molecule has 1 aromatic heterocycles. The van der Waals surface area contributed by atoms with Gasteiger partial charge in [0.05, 0.1) is 0 Å². The average Bonchev–Trinajstić information content (AvgIpc) is 2.84. The van der Waals surface area contributed by atoms with Crippen LogP contribution < -0.4 is 4.74 Å². The Bertz CT molecular complexity index is 1270. The van der Waals surface area contributed by atoms with Gasteiger partial charge in [-0.2, -0.15) is 0 Å². The maximum atomic E-state index is 15.2. The number of hydrogen-bond acceptors (Lipinski definition) is 4. The lowest BCUT2D eigenvalue weighted by Crippen LogP contribution is -2.17. The van der Waals surface area contributed by atoms with Crippen LogP contribution in [0.4, 0.5) is 17.6 Å². The van der Waals surface area contributed by atoms with E-state index in [0.29, 0.717) is 36.2 Å². The molecule has 8 heteroatoms. The number of aromatic nitrogens is 2. The lowest BCUT2D eigenvalue weighted by Gasteiger charge is -2.10. The summed E-state index contributed by atoms with van der Waals surface area (Å²) in [5, 5.41) is 1.24. The smallest absolute Gasteiger partial charge is 0.406 e. The molecule has 0 atom stereocenters. The normalized spacial score (nSPS) is 11.7. The minimum Gasteiger partial charge on any atom is -0.406 e. The molecule has 0 aliphatic rings. The van der Waals surface area contributed by atoms with E-state index in [1.54, 1.807) is 49.8 Å². The summed E-state index contributed by atoms with van der Waals surface area (Å²) in [6, 6.07) is 14.6. The number of alkyl halides is 3. The molecule has 0 N–H and O–H groups in total. The zero-order valence-corrected chi connectivity index (χ0v) is 19.1. The van der Waals surface area contributed by atoms with Crippen LogP contribution in [-0.4, -0.2) is 30.0 Å². The molecule has 4 aromatic rings. The fourth-order valence-corrected chi connectivity index (χ4v) is 3.86. The van der Waals surface area contributed by atoms with Crippen LogP contribution in [0.2, 0.25) is 0 Å². The molecular weight excluding hydrogens is 460 g/mol. The van der Waals surface area contributed by atoms with Crippen LogP contribution in [-0.2, 0) is 24.0 Å². The highest BCUT2D eigenvalue weighted by molar-refractivity contribution is 5.87. The van der Waals surface area contributed by atoms with Crippen LogP contribution >= 0.6 is 0 Å². The fraction of sp³-hybridized carbons (Fsp3) is 0.259. The van der Waals surface area contributed by atoms with E-state index >= 15 is 4.39 Å². The minimum absolute atomic E-state index is 0.279. The second-order valence-corrected chi connectivity index (χ2v) is 8.18. The summed E-state index contributed by atoms with van der Waals surface area (Å²) in [6.07, 6.45) is 1.50. The zero-order chi connectivity index (χ0) is 24.8. The second-order valence-electron chi connectivity index (χ2n) is 8.18. The van der Waals surface area contributed by atoms with Gasteiger partial charge in [-0.1, -0.05) is 36.4 Å². The van der Waals surface area contributed by atoms with Gasteiger partial charge in [0.2, 0.25) is 0 Å². The molecule has 1 heterocycles. The molecule has 35 heavy (non-hydrogen) atoms. The third-order valence-corrected chi connectivity index (χ3v) is 5.65. The van der Waals surface area contributed by atoms with Gasteiger partial charge in [0.25, 0.3) is 0 Å². The van der Waals surface area contributed by atoms with Gasteiger partial charge < -0.3 is 9.47 Å². The van der Waals surface area contributed by atoms with Crippen molar-refractivity contribution in [3.05, 3.63) is 89.5 Å². The molecule has 3 aromatic carbocycles. The van der Waals surface area contributed by atoms with Crippen LogP contribution in [0.1, 0.15) is 23.1 Å². The molecule has 0 radical (unpaired) electrons. The number of ether oxygens (including phenoxy) is 2. The topological polar surface area (TPSA) is 44.2 Å². The van der Waals surface area contributed by atoms with Crippen molar-refractivity contribution >= 4 is 10.8 Å². The lowest BCUT2D eigenvalue weighted by atomic mass is 9.99. The molecule has 4 nitrogen and oxygen atoms in total. The summed E-state index contributed by atoms with van der Waals surface area (Å²) in [5.74, 6) is -0.0102. The van der Waals surface area contributed by atoms with E-state index in [-0.39, 0.29) is 11.6 Å². The molecule has 0 aliphatic carbocycles. The lowest BCUT2D eigenvalue weighted by molar-refractivity contribution is -0.274. The van der Waals surface area contributed by atoms with Gasteiger partial charge in [-0.05, 0) is 66.0 Å². The van der Waals surface area contributed by atoms with Gasteiger partial charge in [-0.3, -0.25) is 0 Å². The average molecular weight is 484 g/mol. The van der Waals surface area contributed by atoms with E-state index in [2.05, 4.69) is 14.7 Å². The summed E-state index contributed by atoms with van der Waals surface area (Å²) in [6.45, 7) is 0.684. The summed E-state index contributed by atoms with van der Waals surface area (Å²) in [4.78, 5) is 8.89. The number of hydrogen-bond donors (Lipinski definition) is 0. The van der Waals surface area contributed by atoms with Crippen LogP contribution in [0, 0.1) is 5.82 Å². The third-order valence-electron chi connectivity index (χ3n) is 5.65. The quantitative estimate of drug-likeness (QED) is 0.196. The van der Waals surface area contributed by atoms with E-state index in [1.165, 1.54) is 12.1 Å². The first-order valence-corrected chi connectivity index (χ1v) is 11.2. The summed E-state index contributed by atoms with van der Waals surface area (Å²) in [5.41, 5.74) is 3.16. The van der Waals surface area contributed by atoms with Gasteiger partial charge in [0, 0.05) is 37.1 Å². The molecule has 0 aliphatic heterocycles. The van der Waals surface area contributed by atoms with Crippen molar-refractivity contribution in [3.63, 3.8) is 0 Å². The summed E-state index contributed by atoms with van der Waals surface area (Å²) < 4.78 is 61.0. The predicted molar refractivity (Wildman–Crippen MR) is 126 cm³/mol. The van der Waals surface area contributed by atoms with Crippen molar-refractivity contribution in [1.29, 1.82) is 0 Å². The number of nitrogens with zero attached hydrogens (tertiary/aromatic N) is 2. The van der Waals surface area contributed by atoms with E-state index in [0.717, 1.165) is 34.9 Å². The van der Waals surface area contributed by atoms with Crippen molar-refractivity contribution in [1.82, 2.24) is 9.97 Å². The first kappa shape index (κ1) is 24.6. The van der Waals surface area contributed by atoms with Crippen molar-refractivity contribution in [2.45, 2.75) is 32.0 Å². The van der Waals surface area contributed by atoms with Crippen molar-refractivity contribution in [3.8, 4) is 17.1 Å². The third kappa shape index (κ3) is 6.54. The monoisotopic (exact) mass is 484 g/mol. The van der Waals surface area contributed by atoms with Gasteiger partial charge in [-0.25, -0.2) is 14.4 Å². The standard InChI is InChI=1S/C27H24F4N2O2/c1-34-14-2-3-19-16-32-26(33-17-19)22-10-13-24-21(15-22)9-8-20(25(24)28)7-4-18-5-11-23(12-6-18)35-27(29,30)31/h5-6,8-13,15-17H,2-4,7,14H2,1H3. The molecule has 0 spiro atoms. The predicted octanol–water partition coefficient (Wildman–Crippen LogP) is 6.70. The van der Waals surface area contributed by atoms with E-state index in [9.17, 15) is 13.2 Å². The first-order chi connectivity index (χ1) is 16.8. The van der Waals surface area contributed by atoms with E-state index in [1.807, 2.05) is 12.1 Å². The maximum absolute atomic E-state index is 15.2. The Kier molecular flexibility index (Phi) is 7.60. The summed E-state index contributed by atoms with van der Waals surface area (Å²) in [7, 11) is 1.67. The van der Waals surface area contributed by atoms with Crippen LogP contribution in [0.3, 0.4) is 0 Å². The molecule has 0 saturated heterocycles. The van der Waals surface area contributed by atoms with Crippen molar-refractivity contribution < 1.29 is 27.0 Å². The van der Waals surface area contributed by atoms with Crippen LogP contribution in [0.5, 0.6) is 5.75 Å². The van der Waals surface area contributed by atoms with Gasteiger partial charge in [0.15, 0.2) is 5.82 Å². The van der Waals surface area contributed by atoms with Crippen LogP contribution in [0.25, 0.3) is 22.2 Å². The molecule has 0 saturated carbocycles. The molecular formula is C27H24F4N2O2. The SMILES string of the molecule is COCCCc1cnc(-c2ccc3c(F)c(CCc4ccc(OC(F)(F)F)cc4)ccc3c2)nc1. The van der Waals surface area contributed by atoms with Crippen LogP contribution in [0.15, 0.2) is 67.0 Å². The van der Waals surface area contributed by atoms with Crippen molar-refractivity contribution in [2.75, 3.05) is 13.7 Å². The highest BCUT2D eigenvalue weighted by Crippen LogP contribution is 2.27. The Morgan fingerprint density at radius 3 is 2.26 bits per heavy atom. The Morgan fingerprint density at radius 2 is 1.57 bits per heavy atom. The Balaban J connectivity index is 1.44. The number of benzene rings is 3. The highest BCUT2D eigenvalue weighted by atomic mass is 19.4. The number of halogens is 4. The summed E-state index contributed by atoms with van der Waals surface area (Å²) >= 11 is 0. The fourth-order valence-electron chi connectivity index (χ4n) is 3.86. The second kappa shape index (κ2) is 10.8. The molecule has 0 bridgehead atoms. The zero-order valence-electron chi connectivity index (χ0n) is 19.1. The van der Waals surface area contributed by atoms with E-state index < -0.39 is 6.36 Å². The van der Waals surface area contributed by atoms with Crippen molar-refractivity contribution in [2.24, 2.45) is 0 Å². The van der Waals surface area contributed by atoms with Gasteiger partial charge in [0.1, 0.15) is 11.6 Å². The Labute approximate surface area is 200 Å². The maximum Gasteiger partial charge on any atom is 0.573 e. The number of fused-ring (bicyclic) bond motifs is 1. The van der Waals surface area contributed by atoms with Gasteiger partial charge >= 0.3 is 6.36 Å². The number of aryl methyl sites for hydroxylation is 3. The first-order valence-electron chi connectivity index (χ1n) is 11.2. The highest BCUT2D eigenvalue weighted by Gasteiger charge is 2.30. The molecule has 0 fully saturated rings. The van der Waals surface area contributed by atoms with Gasteiger partial charge in [-0.15, -0.1) is 13.2 Å². The Hall–Kier alpha value is -3.52. The minimum atomic E-state index is -4.73. The number of methoxy groups -OCH3 is 1. The van der Waals surface area contributed by atoms with E-state index in [4.69, 9.17) is 4.74 Å².